The van der Waals surface area contributed by atoms with E-state index in [1.165, 1.54) is 12.8 Å². The van der Waals surface area contributed by atoms with Crippen LogP contribution < -0.4 is 22.9 Å². The van der Waals surface area contributed by atoms with Gasteiger partial charge >= 0.3 is 0 Å². The Kier molecular flexibility index (Phi) is 7.37. The van der Waals surface area contributed by atoms with Crippen molar-refractivity contribution in [1.82, 2.24) is 0 Å². The van der Waals surface area contributed by atoms with E-state index in [1.54, 1.807) is 0 Å². The Morgan fingerprint density at radius 3 is 1.17 bits per heavy atom. The molecule has 18 heavy (non-hydrogen) atoms. The van der Waals surface area contributed by atoms with E-state index in [-0.39, 0.29) is 23.2 Å². The Morgan fingerprint density at radius 1 is 0.667 bits per heavy atom. The van der Waals surface area contributed by atoms with Crippen LogP contribution in [-0.2, 0) is 0 Å². The third-order valence-corrected chi connectivity index (χ3v) is 3.69. The van der Waals surface area contributed by atoms with Crippen LogP contribution in [0.15, 0.2) is 0 Å². The molecule has 0 spiro atoms. The van der Waals surface area contributed by atoms with Crippen molar-refractivity contribution in [2.75, 3.05) is 0 Å². The van der Waals surface area contributed by atoms with Crippen molar-refractivity contribution in [2.24, 2.45) is 22.9 Å². The first-order chi connectivity index (χ1) is 8.05. The third kappa shape index (κ3) is 8.03. The summed E-state index contributed by atoms with van der Waals surface area (Å²) in [4.78, 5) is 0. The van der Waals surface area contributed by atoms with Gasteiger partial charge in [-0.3, -0.25) is 0 Å². The maximum atomic E-state index is 6.01. The summed E-state index contributed by atoms with van der Waals surface area (Å²) in [5, 5.41) is 0. The molecule has 0 aromatic carbocycles. The highest BCUT2D eigenvalue weighted by Gasteiger charge is 2.21. The molecule has 0 aliphatic rings. The first-order valence-electron chi connectivity index (χ1n) is 7.14. The van der Waals surface area contributed by atoms with Gasteiger partial charge in [-0.05, 0) is 40.5 Å². The standard InChI is InChI=1S/C14H34N4/c1-13(2,17)11(15)9-7-5-6-8-10-12(16)14(3,4)18/h11-12H,5-10,15-18H2,1-4H3. The maximum absolute atomic E-state index is 6.01. The zero-order valence-electron chi connectivity index (χ0n) is 12.7. The highest BCUT2D eigenvalue weighted by atomic mass is 14.8. The van der Waals surface area contributed by atoms with E-state index in [2.05, 4.69) is 0 Å². The minimum absolute atomic E-state index is 0.0859. The molecule has 4 heteroatoms. The lowest BCUT2D eigenvalue weighted by Crippen LogP contribution is -2.50. The summed E-state index contributed by atoms with van der Waals surface area (Å²) in [6.45, 7) is 7.94. The number of hydrogen-bond donors (Lipinski definition) is 4. The molecule has 0 heterocycles. The molecule has 110 valence electrons. The average Bonchev–Trinajstić information content (AvgIpc) is 2.19. The zero-order valence-corrected chi connectivity index (χ0v) is 12.7. The predicted molar refractivity (Wildman–Crippen MR) is 80.2 cm³/mol. The Bertz CT molecular complexity index is 191. The average molecular weight is 258 g/mol. The number of rotatable bonds is 9. The van der Waals surface area contributed by atoms with Crippen LogP contribution in [0, 0.1) is 0 Å². The zero-order chi connectivity index (χ0) is 14.4. The van der Waals surface area contributed by atoms with Gasteiger partial charge in [-0.2, -0.15) is 0 Å². The van der Waals surface area contributed by atoms with Crippen molar-refractivity contribution < 1.29 is 0 Å². The molecule has 0 fully saturated rings. The molecular weight excluding hydrogens is 224 g/mol. The summed E-state index contributed by atoms with van der Waals surface area (Å²) in [5.41, 5.74) is 23.4. The molecule has 8 N–H and O–H groups in total. The summed E-state index contributed by atoms with van der Waals surface area (Å²) in [6.07, 6.45) is 6.67. The lowest BCUT2D eigenvalue weighted by atomic mass is 9.90. The van der Waals surface area contributed by atoms with Crippen LogP contribution >= 0.6 is 0 Å². The van der Waals surface area contributed by atoms with Crippen LogP contribution in [0.4, 0.5) is 0 Å². The summed E-state index contributed by atoms with van der Waals surface area (Å²) in [6, 6.07) is 0.172. The fraction of sp³-hybridized carbons (Fsp3) is 1.00. The van der Waals surface area contributed by atoms with Gasteiger partial charge in [-0.1, -0.05) is 25.7 Å². The number of unbranched alkanes of at least 4 members (excludes halogenated alkanes) is 3. The summed E-state index contributed by atoms with van der Waals surface area (Å²) >= 11 is 0. The second kappa shape index (κ2) is 7.43. The first-order valence-corrected chi connectivity index (χ1v) is 7.14. The monoisotopic (exact) mass is 258 g/mol. The Balaban J connectivity index is 3.53. The van der Waals surface area contributed by atoms with Crippen LogP contribution in [0.25, 0.3) is 0 Å². The molecule has 0 saturated heterocycles. The van der Waals surface area contributed by atoms with Crippen molar-refractivity contribution >= 4 is 0 Å². The Labute approximate surface area is 113 Å². The van der Waals surface area contributed by atoms with Crippen molar-refractivity contribution in [2.45, 2.75) is 89.4 Å². The smallest absolute Gasteiger partial charge is 0.0250 e. The molecule has 0 bridgehead atoms. The molecule has 2 unspecified atom stereocenters. The van der Waals surface area contributed by atoms with Crippen LogP contribution in [-0.4, -0.2) is 23.2 Å². The molecule has 2 atom stereocenters. The molecular formula is C14H34N4. The normalized spacial score (nSPS) is 16.7. The Hall–Kier alpha value is -0.160. The van der Waals surface area contributed by atoms with Gasteiger partial charge in [0.15, 0.2) is 0 Å². The van der Waals surface area contributed by atoms with Gasteiger partial charge in [0.25, 0.3) is 0 Å². The van der Waals surface area contributed by atoms with E-state index in [9.17, 15) is 0 Å². The van der Waals surface area contributed by atoms with E-state index in [0.717, 1.165) is 25.7 Å². The summed E-state index contributed by atoms with van der Waals surface area (Å²) in [7, 11) is 0. The van der Waals surface area contributed by atoms with E-state index in [1.807, 2.05) is 27.7 Å². The summed E-state index contributed by atoms with van der Waals surface area (Å²) < 4.78 is 0. The lowest BCUT2D eigenvalue weighted by Gasteiger charge is -2.27. The fourth-order valence-electron chi connectivity index (χ4n) is 1.83. The molecule has 0 radical (unpaired) electrons. The predicted octanol–water partition coefficient (Wildman–Crippen LogP) is 1.46. The SMILES string of the molecule is CC(C)(N)C(N)CCCCCCC(N)C(C)(C)N. The van der Waals surface area contributed by atoms with Gasteiger partial charge < -0.3 is 22.9 Å². The van der Waals surface area contributed by atoms with Crippen LogP contribution in [0.1, 0.15) is 66.2 Å². The van der Waals surface area contributed by atoms with Crippen LogP contribution in [0.5, 0.6) is 0 Å². The first kappa shape index (κ1) is 17.8. The van der Waals surface area contributed by atoms with Crippen molar-refractivity contribution in [1.29, 1.82) is 0 Å². The van der Waals surface area contributed by atoms with Gasteiger partial charge in [-0.25, -0.2) is 0 Å². The molecule has 0 aliphatic heterocycles. The van der Waals surface area contributed by atoms with Crippen molar-refractivity contribution in [3.8, 4) is 0 Å². The topological polar surface area (TPSA) is 104 Å². The highest BCUT2D eigenvalue weighted by Crippen LogP contribution is 2.15. The number of hydrogen-bond acceptors (Lipinski definition) is 4. The molecule has 0 aromatic rings. The van der Waals surface area contributed by atoms with Crippen molar-refractivity contribution in [3.05, 3.63) is 0 Å². The van der Waals surface area contributed by atoms with Gasteiger partial charge in [0.05, 0.1) is 0 Å². The molecule has 4 nitrogen and oxygen atoms in total. The second-order valence-electron chi connectivity index (χ2n) is 6.85. The molecule has 0 saturated carbocycles. The van der Waals surface area contributed by atoms with Gasteiger partial charge in [0.1, 0.15) is 0 Å². The van der Waals surface area contributed by atoms with E-state index < -0.39 is 0 Å². The van der Waals surface area contributed by atoms with Crippen molar-refractivity contribution in [3.63, 3.8) is 0 Å². The largest absolute Gasteiger partial charge is 0.326 e. The molecule has 0 amide bonds. The third-order valence-electron chi connectivity index (χ3n) is 3.69. The van der Waals surface area contributed by atoms with E-state index in [4.69, 9.17) is 22.9 Å². The van der Waals surface area contributed by atoms with E-state index in [0.29, 0.717) is 0 Å². The minimum Gasteiger partial charge on any atom is -0.326 e. The van der Waals surface area contributed by atoms with Crippen LogP contribution in [0.3, 0.4) is 0 Å². The Morgan fingerprint density at radius 2 is 0.944 bits per heavy atom. The van der Waals surface area contributed by atoms with Crippen LogP contribution in [0.2, 0.25) is 0 Å². The molecule has 0 aliphatic carbocycles. The van der Waals surface area contributed by atoms with Gasteiger partial charge in [0, 0.05) is 23.2 Å². The molecule has 0 aromatic heterocycles. The second-order valence-corrected chi connectivity index (χ2v) is 6.85. The maximum Gasteiger partial charge on any atom is 0.0250 e. The lowest BCUT2D eigenvalue weighted by molar-refractivity contribution is 0.364. The minimum atomic E-state index is -0.272. The highest BCUT2D eigenvalue weighted by molar-refractivity contribution is 4.86. The van der Waals surface area contributed by atoms with Gasteiger partial charge in [0.2, 0.25) is 0 Å². The quantitative estimate of drug-likeness (QED) is 0.470. The summed E-state index contributed by atoms with van der Waals surface area (Å²) in [5.74, 6) is 0. The molecule has 0 rings (SSSR count). The van der Waals surface area contributed by atoms with Gasteiger partial charge in [-0.15, -0.1) is 0 Å². The number of nitrogens with two attached hydrogens (primary N) is 4. The van der Waals surface area contributed by atoms with E-state index >= 15 is 0 Å². The fourth-order valence-corrected chi connectivity index (χ4v) is 1.83.